The van der Waals surface area contributed by atoms with Gasteiger partial charge in [0.1, 0.15) is 12.2 Å². The zero-order chi connectivity index (χ0) is 9.68. The van der Waals surface area contributed by atoms with Crippen molar-refractivity contribution in [1.82, 2.24) is 14.8 Å². The molecule has 0 fully saturated rings. The third-order valence-electron chi connectivity index (χ3n) is 1.89. The summed E-state index contributed by atoms with van der Waals surface area (Å²) in [4.78, 5) is 4.02. The van der Waals surface area contributed by atoms with Crippen molar-refractivity contribution in [3.8, 4) is 0 Å². The van der Waals surface area contributed by atoms with Crippen molar-refractivity contribution in [3.05, 3.63) is 12.2 Å². The molecular formula is C8H14ClN3O. The van der Waals surface area contributed by atoms with Gasteiger partial charge in [-0.05, 0) is 12.8 Å². The minimum Gasteiger partial charge on any atom is -0.393 e. The van der Waals surface area contributed by atoms with E-state index in [1.165, 1.54) is 6.33 Å². The minimum atomic E-state index is -0.360. The first-order valence-corrected chi connectivity index (χ1v) is 4.84. The normalized spacial score (nSPS) is 13.2. The van der Waals surface area contributed by atoms with Crippen molar-refractivity contribution in [2.75, 3.05) is 5.88 Å². The fourth-order valence-corrected chi connectivity index (χ4v) is 1.28. The number of rotatable bonds is 5. The Balaban J connectivity index is 2.36. The van der Waals surface area contributed by atoms with Gasteiger partial charge in [0, 0.05) is 19.3 Å². The van der Waals surface area contributed by atoms with Crippen LogP contribution < -0.4 is 0 Å². The molecule has 0 spiro atoms. The number of aliphatic hydroxyl groups is 1. The third kappa shape index (κ3) is 3.32. The largest absolute Gasteiger partial charge is 0.393 e. The molecule has 0 aromatic carbocycles. The monoisotopic (exact) mass is 203 g/mol. The van der Waals surface area contributed by atoms with Crippen LogP contribution in [0.3, 0.4) is 0 Å². The summed E-state index contributed by atoms with van der Waals surface area (Å²) in [6, 6.07) is 0. The summed E-state index contributed by atoms with van der Waals surface area (Å²) in [6.45, 7) is 0. The van der Waals surface area contributed by atoms with Gasteiger partial charge in [0.2, 0.25) is 0 Å². The average molecular weight is 204 g/mol. The Hall–Kier alpha value is -0.610. The molecule has 4 nitrogen and oxygen atoms in total. The summed E-state index contributed by atoms with van der Waals surface area (Å²) >= 11 is 5.51. The number of hydrogen-bond donors (Lipinski definition) is 1. The Bertz CT molecular complexity index is 251. The van der Waals surface area contributed by atoms with Crippen molar-refractivity contribution in [1.29, 1.82) is 0 Å². The SMILES string of the molecule is Cn1ncnc1CC(O)CCCCl. The molecule has 0 bridgehead atoms. The number of hydrogen-bond acceptors (Lipinski definition) is 3. The van der Waals surface area contributed by atoms with E-state index < -0.39 is 0 Å². The molecule has 1 aromatic heterocycles. The predicted octanol–water partition coefficient (Wildman–Crippen LogP) is 0.737. The molecule has 74 valence electrons. The van der Waals surface area contributed by atoms with Crippen molar-refractivity contribution in [2.24, 2.45) is 7.05 Å². The first-order chi connectivity index (χ1) is 6.24. The molecule has 0 aliphatic carbocycles. The summed E-state index contributed by atoms with van der Waals surface area (Å²) in [5.74, 6) is 1.40. The number of halogens is 1. The molecule has 0 saturated carbocycles. The number of nitrogens with zero attached hydrogens (tertiary/aromatic N) is 3. The highest BCUT2D eigenvalue weighted by Crippen LogP contribution is 2.04. The summed E-state index contributed by atoms with van der Waals surface area (Å²) in [6.07, 6.45) is 3.23. The second-order valence-electron chi connectivity index (χ2n) is 2.99. The number of aryl methyl sites for hydroxylation is 1. The molecule has 1 atom stereocenters. The van der Waals surface area contributed by atoms with Crippen LogP contribution in [0.1, 0.15) is 18.7 Å². The maximum absolute atomic E-state index is 9.54. The van der Waals surface area contributed by atoms with E-state index in [9.17, 15) is 5.11 Å². The summed E-state index contributed by atoms with van der Waals surface area (Å²) < 4.78 is 1.67. The molecule has 1 rings (SSSR count). The van der Waals surface area contributed by atoms with Gasteiger partial charge < -0.3 is 5.11 Å². The van der Waals surface area contributed by atoms with E-state index in [-0.39, 0.29) is 6.10 Å². The van der Waals surface area contributed by atoms with Crippen LogP contribution in [0.5, 0.6) is 0 Å². The van der Waals surface area contributed by atoms with Gasteiger partial charge in [0.25, 0.3) is 0 Å². The van der Waals surface area contributed by atoms with Crippen LogP contribution in [-0.2, 0) is 13.5 Å². The zero-order valence-electron chi connectivity index (χ0n) is 7.65. The summed E-state index contributed by atoms with van der Waals surface area (Å²) in [5, 5.41) is 13.5. The molecule has 0 amide bonds. The summed E-state index contributed by atoms with van der Waals surface area (Å²) in [5.41, 5.74) is 0. The minimum absolute atomic E-state index is 0.360. The standard InChI is InChI=1S/C8H14ClN3O/c1-12-8(10-6-11-12)5-7(13)3-2-4-9/h6-7,13H,2-5H2,1H3. The first kappa shape index (κ1) is 10.5. The molecule has 1 N–H and O–H groups in total. The lowest BCUT2D eigenvalue weighted by molar-refractivity contribution is 0.160. The van der Waals surface area contributed by atoms with Gasteiger partial charge in [-0.3, -0.25) is 4.68 Å². The number of alkyl halides is 1. The highest BCUT2D eigenvalue weighted by molar-refractivity contribution is 6.17. The number of aliphatic hydroxyl groups excluding tert-OH is 1. The van der Waals surface area contributed by atoms with E-state index in [0.717, 1.165) is 18.7 Å². The Labute approximate surface area is 82.5 Å². The van der Waals surface area contributed by atoms with E-state index >= 15 is 0 Å². The zero-order valence-corrected chi connectivity index (χ0v) is 8.41. The second kappa shape index (κ2) is 5.19. The molecule has 0 aliphatic heterocycles. The third-order valence-corrected chi connectivity index (χ3v) is 2.16. The lowest BCUT2D eigenvalue weighted by Crippen LogP contribution is -2.14. The molecular weight excluding hydrogens is 190 g/mol. The van der Waals surface area contributed by atoms with E-state index in [2.05, 4.69) is 10.1 Å². The van der Waals surface area contributed by atoms with Gasteiger partial charge in [-0.15, -0.1) is 11.6 Å². The molecule has 1 aromatic rings. The van der Waals surface area contributed by atoms with Gasteiger partial charge in [-0.25, -0.2) is 4.98 Å². The van der Waals surface area contributed by atoms with E-state index in [1.54, 1.807) is 4.68 Å². The van der Waals surface area contributed by atoms with Crippen LogP contribution in [0.4, 0.5) is 0 Å². The van der Waals surface area contributed by atoms with Crippen molar-refractivity contribution in [3.63, 3.8) is 0 Å². The van der Waals surface area contributed by atoms with Gasteiger partial charge in [-0.1, -0.05) is 0 Å². The average Bonchev–Trinajstić information content (AvgIpc) is 2.48. The molecule has 5 heteroatoms. The smallest absolute Gasteiger partial charge is 0.138 e. The lowest BCUT2D eigenvalue weighted by Gasteiger charge is -2.07. The highest BCUT2D eigenvalue weighted by Gasteiger charge is 2.08. The van der Waals surface area contributed by atoms with Crippen molar-refractivity contribution in [2.45, 2.75) is 25.4 Å². The van der Waals surface area contributed by atoms with Gasteiger partial charge in [-0.2, -0.15) is 5.10 Å². The van der Waals surface area contributed by atoms with E-state index in [0.29, 0.717) is 12.3 Å². The first-order valence-electron chi connectivity index (χ1n) is 4.31. The Morgan fingerprint density at radius 1 is 1.69 bits per heavy atom. The number of aromatic nitrogens is 3. The fourth-order valence-electron chi connectivity index (χ4n) is 1.13. The quantitative estimate of drug-likeness (QED) is 0.719. The van der Waals surface area contributed by atoms with Crippen molar-refractivity contribution >= 4 is 11.6 Å². The Kier molecular flexibility index (Phi) is 4.18. The molecule has 0 saturated heterocycles. The molecule has 13 heavy (non-hydrogen) atoms. The lowest BCUT2D eigenvalue weighted by atomic mass is 10.1. The van der Waals surface area contributed by atoms with Crippen LogP contribution >= 0.6 is 11.6 Å². The van der Waals surface area contributed by atoms with Crippen LogP contribution in [0.25, 0.3) is 0 Å². The van der Waals surface area contributed by atoms with Gasteiger partial charge >= 0.3 is 0 Å². The highest BCUT2D eigenvalue weighted by atomic mass is 35.5. The predicted molar refractivity (Wildman–Crippen MR) is 50.7 cm³/mol. The van der Waals surface area contributed by atoms with E-state index in [1.807, 2.05) is 7.05 Å². The maximum Gasteiger partial charge on any atom is 0.138 e. The van der Waals surface area contributed by atoms with Crippen LogP contribution in [0.15, 0.2) is 6.33 Å². The fraction of sp³-hybridized carbons (Fsp3) is 0.750. The van der Waals surface area contributed by atoms with Crippen molar-refractivity contribution < 1.29 is 5.11 Å². The molecule has 1 unspecified atom stereocenters. The Morgan fingerprint density at radius 2 is 2.46 bits per heavy atom. The summed E-state index contributed by atoms with van der Waals surface area (Å²) in [7, 11) is 1.82. The van der Waals surface area contributed by atoms with E-state index in [4.69, 9.17) is 11.6 Å². The van der Waals surface area contributed by atoms with Crippen LogP contribution in [0, 0.1) is 0 Å². The van der Waals surface area contributed by atoms with Crippen LogP contribution in [-0.4, -0.2) is 31.9 Å². The second-order valence-corrected chi connectivity index (χ2v) is 3.37. The molecule has 1 heterocycles. The Morgan fingerprint density at radius 3 is 3.00 bits per heavy atom. The molecule has 0 aliphatic rings. The van der Waals surface area contributed by atoms with Gasteiger partial charge in [0.15, 0.2) is 0 Å². The maximum atomic E-state index is 9.54. The van der Waals surface area contributed by atoms with Gasteiger partial charge in [0.05, 0.1) is 6.10 Å². The topological polar surface area (TPSA) is 50.9 Å². The van der Waals surface area contributed by atoms with Crippen LogP contribution in [0.2, 0.25) is 0 Å². The molecule has 0 radical (unpaired) electrons.